The van der Waals surface area contributed by atoms with Crippen molar-refractivity contribution in [3.63, 3.8) is 0 Å². The van der Waals surface area contributed by atoms with Crippen molar-refractivity contribution in [3.05, 3.63) is 36.0 Å². The van der Waals surface area contributed by atoms with E-state index in [0.717, 1.165) is 24.0 Å². The molecule has 3 nitrogen and oxygen atoms in total. The Morgan fingerprint density at radius 2 is 2.16 bits per heavy atom. The van der Waals surface area contributed by atoms with Gasteiger partial charge in [0.05, 0.1) is 13.2 Å². The Labute approximate surface area is 115 Å². The third kappa shape index (κ3) is 3.80. The summed E-state index contributed by atoms with van der Waals surface area (Å²) in [7, 11) is 1.36. The SMILES string of the molecule is C=C1CC[C@@H](O)C(C)(C)[C@H]1/C=C/C(C)=C\C(=O)OC. The molecular weight excluding hydrogens is 240 g/mol. The molecule has 0 aromatic heterocycles. The molecule has 1 rings (SSSR count). The molecule has 0 spiro atoms. The van der Waals surface area contributed by atoms with Gasteiger partial charge in [0.15, 0.2) is 0 Å². The van der Waals surface area contributed by atoms with Gasteiger partial charge in [-0.1, -0.05) is 38.2 Å². The minimum Gasteiger partial charge on any atom is -0.466 e. The van der Waals surface area contributed by atoms with Gasteiger partial charge in [0.1, 0.15) is 0 Å². The summed E-state index contributed by atoms with van der Waals surface area (Å²) in [6.07, 6.45) is 6.67. The average molecular weight is 264 g/mol. The Kier molecular flexibility index (Phi) is 5.12. The van der Waals surface area contributed by atoms with E-state index in [-0.39, 0.29) is 23.4 Å². The summed E-state index contributed by atoms with van der Waals surface area (Å²) in [4.78, 5) is 11.1. The van der Waals surface area contributed by atoms with Gasteiger partial charge in [0.2, 0.25) is 0 Å². The summed E-state index contributed by atoms with van der Waals surface area (Å²) in [5.41, 5.74) is 1.74. The topological polar surface area (TPSA) is 46.5 Å². The zero-order chi connectivity index (χ0) is 14.6. The lowest BCUT2D eigenvalue weighted by molar-refractivity contribution is -0.134. The van der Waals surface area contributed by atoms with E-state index in [4.69, 9.17) is 0 Å². The first-order chi connectivity index (χ1) is 8.78. The minimum atomic E-state index is -0.357. The minimum absolute atomic E-state index is 0.122. The van der Waals surface area contributed by atoms with Crippen molar-refractivity contribution in [2.75, 3.05) is 7.11 Å². The number of aliphatic hydroxyl groups excluding tert-OH is 1. The van der Waals surface area contributed by atoms with E-state index in [1.165, 1.54) is 13.2 Å². The van der Waals surface area contributed by atoms with Gasteiger partial charge in [-0.2, -0.15) is 0 Å². The molecule has 0 aromatic rings. The van der Waals surface area contributed by atoms with Gasteiger partial charge in [-0.15, -0.1) is 0 Å². The average Bonchev–Trinajstić information content (AvgIpc) is 2.33. The maximum Gasteiger partial charge on any atom is 0.330 e. The van der Waals surface area contributed by atoms with Crippen molar-refractivity contribution < 1.29 is 14.6 Å². The lowest BCUT2D eigenvalue weighted by Gasteiger charge is -2.42. The van der Waals surface area contributed by atoms with Crippen LogP contribution in [0.25, 0.3) is 0 Å². The fraction of sp³-hybridized carbons (Fsp3) is 0.562. The van der Waals surface area contributed by atoms with Crippen LogP contribution in [0.1, 0.15) is 33.6 Å². The molecule has 0 amide bonds. The number of carbonyl (C=O) groups excluding carboxylic acids is 1. The van der Waals surface area contributed by atoms with E-state index in [0.29, 0.717) is 0 Å². The van der Waals surface area contributed by atoms with Crippen molar-refractivity contribution in [2.24, 2.45) is 11.3 Å². The van der Waals surface area contributed by atoms with Crippen LogP contribution in [0, 0.1) is 11.3 Å². The highest BCUT2D eigenvalue weighted by molar-refractivity contribution is 5.83. The third-order valence-corrected chi connectivity index (χ3v) is 3.94. The van der Waals surface area contributed by atoms with Crippen LogP contribution in [0.2, 0.25) is 0 Å². The molecule has 0 heterocycles. The van der Waals surface area contributed by atoms with Crippen LogP contribution >= 0.6 is 0 Å². The summed E-state index contributed by atoms with van der Waals surface area (Å²) in [6.45, 7) is 10.1. The molecule has 1 saturated carbocycles. The van der Waals surface area contributed by atoms with Crippen molar-refractivity contribution in [2.45, 2.75) is 39.7 Å². The van der Waals surface area contributed by atoms with Crippen LogP contribution in [-0.4, -0.2) is 24.3 Å². The third-order valence-electron chi connectivity index (χ3n) is 3.94. The predicted molar refractivity (Wildman–Crippen MR) is 76.6 cm³/mol. The van der Waals surface area contributed by atoms with Crippen LogP contribution in [0.15, 0.2) is 36.0 Å². The molecule has 0 unspecified atom stereocenters. The summed E-state index contributed by atoms with van der Waals surface area (Å²) >= 11 is 0. The molecule has 3 heteroatoms. The number of hydrogen-bond donors (Lipinski definition) is 1. The lowest BCUT2D eigenvalue weighted by Crippen LogP contribution is -2.40. The highest BCUT2D eigenvalue weighted by atomic mass is 16.5. The number of carbonyl (C=O) groups is 1. The van der Waals surface area contributed by atoms with Gasteiger partial charge in [0, 0.05) is 17.4 Å². The second kappa shape index (κ2) is 6.20. The summed E-state index contributed by atoms with van der Waals surface area (Å²) in [5, 5.41) is 10.1. The molecule has 0 aliphatic heterocycles. The molecule has 1 aliphatic carbocycles. The predicted octanol–water partition coefficient (Wildman–Crippen LogP) is 3.02. The monoisotopic (exact) mass is 264 g/mol. The zero-order valence-corrected chi connectivity index (χ0v) is 12.3. The second-order valence-corrected chi connectivity index (χ2v) is 5.78. The van der Waals surface area contributed by atoms with Gasteiger partial charge >= 0.3 is 5.97 Å². The van der Waals surface area contributed by atoms with Crippen molar-refractivity contribution in [3.8, 4) is 0 Å². The number of aliphatic hydroxyl groups is 1. The number of hydrogen-bond acceptors (Lipinski definition) is 3. The first-order valence-electron chi connectivity index (χ1n) is 6.59. The van der Waals surface area contributed by atoms with Crippen molar-refractivity contribution in [1.82, 2.24) is 0 Å². The fourth-order valence-electron chi connectivity index (χ4n) is 2.51. The number of allylic oxidation sites excluding steroid dienone is 4. The van der Waals surface area contributed by atoms with E-state index in [2.05, 4.69) is 25.2 Å². The van der Waals surface area contributed by atoms with Crippen molar-refractivity contribution >= 4 is 5.97 Å². The molecule has 2 atom stereocenters. The first-order valence-corrected chi connectivity index (χ1v) is 6.59. The number of ether oxygens (including phenoxy) is 1. The largest absolute Gasteiger partial charge is 0.466 e. The van der Waals surface area contributed by atoms with Crippen molar-refractivity contribution in [1.29, 1.82) is 0 Å². The molecule has 106 valence electrons. The molecule has 0 radical (unpaired) electrons. The maximum atomic E-state index is 11.1. The summed E-state index contributed by atoms with van der Waals surface area (Å²) in [6, 6.07) is 0. The van der Waals surface area contributed by atoms with Crippen LogP contribution in [0.4, 0.5) is 0 Å². The Bertz CT molecular complexity index is 416. The number of rotatable bonds is 3. The Morgan fingerprint density at radius 1 is 1.53 bits per heavy atom. The van der Waals surface area contributed by atoms with Gasteiger partial charge in [0.25, 0.3) is 0 Å². The first kappa shape index (κ1) is 15.7. The second-order valence-electron chi connectivity index (χ2n) is 5.78. The van der Waals surface area contributed by atoms with Crippen LogP contribution in [0.3, 0.4) is 0 Å². The van der Waals surface area contributed by atoms with Crippen LogP contribution in [-0.2, 0) is 9.53 Å². The molecular formula is C16H24O3. The highest BCUT2D eigenvalue weighted by Gasteiger charge is 2.39. The Morgan fingerprint density at radius 3 is 2.74 bits per heavy atom. The van der Waals surface area contributed by atoms with E-state index < -0.39 is 0 Å². The van der Waals surface area contributed by atoms with E-state index in [1.807, 2.05) is 19.1 Å². The molecule has 1 aliphatic rings. The molecule has 1 fully saturated rings. The zero-order valence-electron chi connectivity index (χ0n) is 12.3. The number of methoxy groups -OCH3 is 1. The molecule has 0 aromatic carbocycles. The molecule has 0 bridgehead atoms. The van der Waals surface area contributed by atoms with Gasteiger partial charge in [-0.25, -0.2) is 4.79 Å². The highest BCUT2D eigenvalue weighted by Crippen LogP contribution is 2.44. The fourth-order valence-corrected chi connectivity index (χ4v) is 2.51. The quantitative estimate of drug-likeness (QED) is 0.369. The molecule has 1 N–H and O–H groups in total. The summed E-state index contributed by atoms with van der Waals surface area (Å²) in [5.74, 6) is -0.235. The van der Waals surface area contributed by atoms with E-state index >= 15 is 0 Å². The Hall–Kier alpha value is -1.35. The Balaban J connectivity index is 2.86. The normalized spacial score (nSPS) is 27.6. The summed E-state index contributed by atoms with van der Waals surface area (Å²) < 4.78 is 4.59. The van der Waals surface area contributed by atoms with Crippen LogP contribution in [0.5, 0.6) is 0 Å². The molecule has 0 saturated heterocycles. The van der Waals surface area contributed by atoms with E-state index in [9.17, 15) is 9.90 Å². The van der Waals surface area contributed by atoms with Gasteiger partial charge < -0.3 is 9.84 Å². The van der Waals surface area contributed by atoms with E-state index in [1.54, 1.807) is 0 Å². The molecule has 19 heavy (non-hydrogen) atoms. The smallest absolute Gasteiger partial charge is 0.330 e. The number of esters is 1. The van der Waals surface area contributed by atoms with Gasteiger partial charge in [-0.05, 0) is 25.3 Å². The maximum absolute atomic E-state index is 11.1. The standard InChI is InChI=1S/C16H24O3/c1-11(10-15(18)19-5)6-8-13-12(2)7-9-14(17)16(13,3)4/h6,8,10,13-14,17H,2,7,9H2,1,3-5H3/b8-6+,11-10-/t13-,14+/m0/s1. The van der Waals surface area contributed by atoms with Crippen LogP contribution < -0.4 is 0 Å². The lowest BCUT2D eigenvalue weighted by atomic mass is 9.65. The van der Waals surface area contributed by atoms with Gasteiger partial charge in [-0.3, -0.25) is 0 Å².